The van der Waals surface area contributed by atoms with E-state index >= 15 is 0 Å². The molecule has 0 heterocycles. The van der Waals surface area contributed by atoms with Gasteiger partial charge in [0.15, 0.2) is 0 Å². The highest BCUT2D eigenvalue weighted by Crippen LogP contribution is 2.12. The summed E-state index contributed by atoms with van der Waals surface area (Å²) >= 11 is 0. The molecule has 0 saturated carbocycles. The minimum atomic E-state index is 0.749. The van der Waals surface area contributed by atoms with Gasteiger partial charge in [-0.1, -0.05) is 49.5 Å². The summed E-state index contributed by atoms with van der Waals surface area (Å²) in [7, 11) is 0. The summed E-state index contributed by atoms with van der Waals surface area (Å²) in [5.74, 6) is 7.33. The summed E-state index contributed by atoms with van der Waals surface area (Å²) in [5, 5.41) is 0. The molecular formula is C23H26O. The number of aryl methyl sites for hydroxylation is 1. The van der Waals surface area contributed by atoms with Crippen LogP contribution in [-0.2, 0) is 6.42 Å². The van der Waals surface area contributed by atoms with Gasteiger partial charge in [-0.15, -0.1) is 0 Å². The topological polar surface area (TPSA) is 9.23 Å². The molecule has 2 aromatic carbocycles. The Balaban J connectivity index is 1.87. The third kappa shape index (κ3) is 6.34. The third-order valence-corrected chi connectivity index (χ3v) is 3.72. The van der Waals surface area contributed by atoms with Crippen LogP contribution in [0.1, 0.15) is 49.8 Å². The molecular weight excluding hydrogens is 292 g/mol. The molecule has 1 heteroatoms. The van der Waals surface area contributed by atoms with Crippen LogP contribution in [0.3, 0.4) is 0 Å². The molecule has 0 spiro atoms. The van der Waals surface area contributed by atoms with Crippen LogP contribution >= 0.6 is 0 Å². The van der Waals surface area contributed by atoms with Crippen molar-refractivity contribution in [2.45, 2.75) is 39.5 Å². The summed E-state index contributed by atoms with van der Waals surface area (Å²) in [6.45, 7) is 4.99. The van der Waals surface area contributed by atoms with E-state index in [4.69, 9.17) is 4.74 Å². The summed E-state index contributed by atoms with van der Waals surface area (Å²) < 4.78 is 5.72. The molecule has 0 unspecified atom stereocenters. The predicted molar refractivity (Wildman–Crippen MR) is 102 cm³/mol. The normalized spacial score (nSPS) is 10.4. The van der Waals surface area contributed by atoms with E-state index in [9.17, 15) is 0 Å². The van der Waals surface area contributed by atoms with Crippen molar-refractivity contribution in [1.29, 1.82) is 0 Å². The van der Waals surface area contributed by atoms with Crippen molar-refractivity contribution in [2.75, 3.05) is 6.61 Å². The molecule has 24 heavy (non-hydrogen) atoms. The van der Waals surface area contributed by atoms with Gasteiger partial charge in [0.05, 0.1) is 6.61 Å². The van der Waals surface area contributed by atoms with E-state index in [0.29, 0.717) is 0 Å². The van der Waals surface area contributed by atoms with Crippen molar-refractivity contribution >= 4 is 0 Å². The van der Waals surface area contributed by atoms with E-state index in [-0.39, 0.29) is 0 Å². The second-order valence-electron chi connectivity index (χ2n) is 5.78. The van der Waals surface area contributed by atoms with Crippen LogP contribution in [0.15, 0.2) is 60.7 Å². The number of benzene rings is 2. The van der Waals surface area contributed by atoms with Gasteiger partial charge in [0, 0.05) is 11.1 Å². The lowest BCUT2D eigenvalue weighted by molar-refractivity contribution is 0.312. The Morgan fingerprint density at radius 3 is 2.12 bits per heavy atom. The SMILES string of the molecule is C/C=C/CCCOc1ccc(C#Cc2ccc(CCC)cc2)cc1. The maximum atomic E-state index is 5.72. The molecule has 2 aromatic rings. The van der Waals surface area contributed by atoms with Crippen LogP contribution in [0.25, 0.3) is 0 Å². The average Bonchev–Trinajstić information content (AvgIpc) is 2.62. The second-order valence-corrected chi connectivity index (χ2v) is 5.78. The van der Waals surface area contributed by atoms with Gasteiger partial charge >= 0.3 is 0 Å². The van der Waals surface area contributed by atoms with Crippen molar-refractivity contribution in [2.24, 2.45) is 0 Å². The Bertz CT molecular complexity index is 682. The van der Waals surface area contributed by atoms with E-state index in [1.807, 2.05) is 31.2 Å². The first-order valence-electron chi connectivity index (χ1n) is 8.77. The Kier molecular flexibility index (Phi) is 7.71. The smallest absolute Gasteiger partial charge is 0.119 e. The molecule has 0 fully saturated rings. The van der Waals surface area contributed by atoms with Crippen LogP contribution in [0.4, 0.5) is 0 Å². The minimum absolute atomic E-state index is 0.749. The highest BCUT2D eigenvalue weighted by Gasteiger charge is 1.94. The molecule has 0 atom stereocenters. The van der Waals surface area contributed by atoms with E-state index < -0.39 is 0 Å². The molecule has 0 N–H and O–H groups in total. The predicted octanol–water partition coefficient (Wildman–Crippen LogP) is 5.77. The van der Waals surface area contributed by atoms with E-state index in [2.05, 4.69) is 55.2 Å². The Morgan fingerprint density at radius 2 is 1.54 bits per heavy atom. The highest BCUT2D eigenvalue weighted by molar-refractivity contribution is 5.44. The fraction of sp³-hybridized carbons (Fsp3) is 0.304. The molecule has 0 aliphatic rings. The molecule has 0 aliphatic carbocycles. The quantitative estimate of drug-likeness (QED) is 0.357. The maximum absolute atomic E-state index is 5.72. The van der Waals surface area contributed by atoms with Gasteiger partial charge in [-0.25, -0.2) is 0 Å². The van der Waals surface area contributed by atoms with Gasteiger partial charge in [0.2, 0.25) is 0 Å². The zero-order chi connectivity index (χ0) is 17.0. The molecule has 0 amide bonds. The lowest BCUT2D eigenvalue weighted by Gasteiger charge is -2.04. The minimum Gasteiger partial charge on any atom is -0.494 e. The fourth-order valence-corrected chi connectivity index (χ4v) is 2.38. The molecule has 0 aromatic heterocycles. The first-order valence-corrected chi connectivity index (χ1v) is 8.77. The van der Waals surface area contributed by atoms with Crippen molar-refractivity contribution < 1.29 is 4.74 Å². The zero-order valence-corrected chi connectivity index (χ0v) is 14.7. The van der Waals surface area contributed by atoms with Crippen LogP contribution in [-0.4, -0.2) is 6.61 Å². The van der Waals surface area contributed by atoms with E-state index in [1.54, 1.807) is 0 Å². The number of ether oxygens (including phenoxy) is 1. The molecule has 0 bridgehead atoms. The van der Waals surface area contributed by atoms with Crippen LogP contribution in [0.2, 0.25) is 0 Å². The number of allylic oxidation sites excluding steroid dienone is 2. The van der Waals surface area contributed by atoms with Crippen LogP contribution in [0.5, 0.6) is 5.75 Å². The van der Waals surface area contributed by atoms with Crippen molar-refractivity contribution in [3.05, 3.63) is 77.4 Å². The summed E-state index contributed by atoms with van der Waals surface area (Å²) in [6, 6.07) is 16.5. The first kappa shape index (κ1) is 17.9. The highest BCUT2D eigenvalue weighted by atomic mass is 16.5. The third-order valence-electron chi connectivity index (χ3n) is 3.72. The summed E-state index contributed by atoms with van der Waals surface area (Å²) in [6.07, 6.45) is 8.65. The van der Waals surface area contributed by atoms with Crippen molar-refractivity contribution in [3.63, 3.8) is 0 Å². The molecule has 124 valence electrons. The Labute approximate surface area is 146 Å². The lowest BCUT2D eigenvalue weighted by Crippen LogP contribution is -1.96. The average molecular weight is 318 g/mol. The monoisotopic (exact) mass is 318 g/mol. The first-order chi connectivity index (χ1) is 11.8. The number of hydrogen-bond acceptors (Lipinski definition) is 1. The van der Waals surface area contributed by atoms with Gasteiger partial charge < -0.3 is 4.74 Å². The van der Waals surface area contributed by atoms with E-state index in [1.165, 1.54) is 12.0 Å². The fourth-order valence-electron chi connectivity index (χ4n) is 2.38. The van der Waals surface area contributed by atoms with E-state index in [0.717, 1.165) is 42.7 Å². The Hall–Kier alpha value is -2.46. The zero-order valence-electron chi connectivity index (χ0n) is 14.7. The number of rotatable bonds is 7. The van der Waals surface area contributed by atoms with Gasteiger partial charge in [0.25, 0.3) is 0 Å². The largest absolute Gasteiger partial charge is 0.494 e. The van der Waals surface area contributed by atoms with Gasteiger partial charge in [-0.3, -0.25) is 0 Å². The van der Waals surface area contributed by atoms with Gasteiger partial charge in [-0.2, -0.15) is 0 Å². The molecule has 2 rings (SSSR count). The van der Waals surface area contributed by atoms with Crippen LogP contribution < -0.4 is 4.74 Å². The standard InChI is InChI=1S/C23H26O/c1-3-5-6-7-19-24-23-17-15-22(16-18-23)14-13-21-11-9-20(8-4-2)10-12-21/h3,5,9-12,15-18H,4,6-8,19H2,1-2H3/b5-3+. The lowest BCUT2D eigenvalue weighted by atomic mass is 10.1. The number of hydrogen-bond donors (Lipinski definition) is 0. The van der Waals surface area contributed by atoms with Gasteiger partial charge in [-0.05, 0) is 68.1 Å². The van der Waals surface area contributed by atoms with Crippen LogP contribution in [0, 0.1) is 11.8 Å². The molecule has 1 nitrogen and oxygen atoms in total. The summed E-state index contributed by atoms with van der Waals surface area (Å²) in [5.41, 5.74) is 3.44. The maximum Gasteiger partial charge on any atom is 0.119 e. The second kappa shape index (κ2) is 10.3. The number of unbranched alkanes of at least 4 members (excludes halogenated alkanes) is 1. The van der Waals surface area contributed by atoms with Gasteiger partial charge in [0.1, 0.15) is 5.75 Å². The molecule has 0 radical (unpaired) electrons. The van der Waals surface area contributed by atoms with Crippen molar-refractivity contribution in [1.82, 2.24) is 0 Å². The Morgan fingerprint density at radius 1 is 0.917 bits per heavy atom. The van der Waals surface area contributed by atoms with Crippen molar-refractivity contribution in [3.8, 4) is 17.6 Å². The summed E-state index contributed by atoms with van der Waals surface area (Å²) in [4.78, 5) is 0. The molecule has 0 saturated heterocycles. The molecule has 0 aliphatic heterocycles.